The topological polar surface area (TPSA) is 94.8 Å². The van der Waals surface area contributed by atoms with Crippen LogP contribution in [0.5, 0.6) is 0 Å². The van der Waals surface area contributed by atoms with Crippen LogP contribution in [0, 0.1) is 0 Å². The number of hydrogen-bond donors (Lipinski definition) is 3. The molecule has 2 aromatic rings. The van der Waals surface area contributed by atoms with Gasteiger partial charge in [-0.25, -0.2) is 10.4 Å². The zero-order valence-corrected chi connectivity index (χ0v) is 18.9. The zero-order valence-electron chi connectivity index (χ0n) is 17.4. The van der Waals surface area contributed by atoms with Gasteiger partial charge < -0.3 is 14.8 Å². The van der Waals surface area contributed by atoms with Gasteiger partial charge in [0.15, 0.2) is 10.4 Å². The van der Waals surface area contributed by atoms with Crippen molar-refractivity contribution in [2.45, 2.75) is 56.7 Å². The highest BCUT2D eigenvalue weighted by Gasteiger charge is 2.41. The quantitative estimate of drug-likeness (QED) is 0.486. The normalized spacial score (nSPS) is 22.2. The van der Waals surface area contributed by atoms with E-state index >= 15 is 0 Å². The average molecular weight is 490 g/mol. The minimum Gasteiger partial charge on any atom is -0.480 e. The van der Waals surface area contributed by atoms with E-state index < -0.39 is 12.0 Å². The number of carboxylic acids is 1. The second kappa shape index (κ2) is 10.1. The first-order valence-electron chi connectivity index (χ1n) is 10.9. The van der Waals surface area contributed by atoms with Gasteiger partial charge in [0.05, 0.1) is 6.04 Å². The molecule has 1 saturated carbocycles. The fourth-order valence-corrected chi connectivity index (χ4v) is 5.08. The van der Waals surface area contributed by atoms with Crippen LogP contribution in [-0.4, -0.2) is 47.0 Å². The third kappa shape index (κ3) is 5.26. The highest BCUT2D eigenvalue weighted by molar-refractivity contribution is 9.10. The van der Waals surface area contributed by atoms with E-state index in [4.69, 9.17) is 4.42 Å². The van der Waals surface area contributed by atoms with Crippen molar-refractivity contribution >= 4 is 27.7 Å². The van der Waals surface area contributed by atoms with E-state index in [2.05, 4.69) is 32.7 Å². The van der Waals surface area contributed by atoms with Gasteiger partial charge in [0.1, 0.15) is 6.54 Å². The van der Waals surface area contributed by atoms with Gasteiger partial charge in [0.2, 0.25) is 5.78 Å². The van der Waals surface area contributed by atoms with Crippen LogP contribution in [0.15, 0.2) is 45.5 Å². The lowest BCUT2D eigenvalue weighted by molar-refractivity contribution is -0.137. The number of nitrogens with zero attached hydrogens (tertiary/aromatic N) is 1. The summed E-state index contributed by atoms with van der Waals surface area (Å²) >= 11 is 3.27. The van der Waals surface area contributed by atoms with Crippen LogP contribution in [0.25, 0.3) is 0 Å². The number of carbonyl (C=O) groups excluding carboxylic acids is 1. The number of fused-ring (bicyclic) bond motifs is 1. The molecule has 1 aliphatic heterocycles. The molecule has 8 heteroatoms. The largest absolute Gasteiger partial charge is 0.480 e. The van der Waals surface area contributed by atoms with E-state index in [9.17, 15) is 14.7 Å². The fourth-order valence-electron chi connectivity index (χ4n) is 4.77. The van der Waals surface area contributed by atoms with Gasteiger partial charge in [-0.1, -0.05) is 43.5 Å². The molecule has 1 aromatic heterocycles. The SMILES string of the molecule is O=C(O)CNN1Cc2ccccc2C(CNC2CCCCC2)C1C(=O)c1ccc(Br)o1. The van der Waals surface area contributed by atoms with E-state index in [1.54, 1.807) is 17.1 Å². The number of rotatable bonds is 8. The molecule has 1 aliphatic carbocycles. The van der Waals surface area contributed by atoms with Gasteiger partial charge in [-0.05, 0) is 52.0 Å². The Balaban J connectivity index is 1.65. The summed E-state index contributed by atoms with van der Waals surface area (Å²) in [7, 11) is 0. The van der Waals surface area contributed by atoms with Gasteiger partial charge in [-0.3, -0.25) is 9.59 Å². The van der Waals surface area contributed by atoms with Crippen molar-refractivity contribution in [3.05, 3.63) is 58.0 Å². The van der Waals surface area contributed by atoms with E-state index in [0.717, 1.165) is 24.0 Å². The molecule has 2 heterocycles. The molecule has 0 radical (unpaired) electrons. The molecule has 31 heavy (non-hydrogen) atoms. The Morgan fingerprint density at radius 1 is 1.13 bits per heavy atom. The van der Waals surface area contributed by atoms with Crippen molar-refractivity contribution in [1.29, 1.82) is 0 Å². The van der Waals surface area contributed by atoms with Gasteiger partial charge >= 0.3 is 5.97 Å². The van der Waals surface area contributed by atoms with Gasteiger partial charge in [0.25, 0.3) is 0 Å². The molecule has 0 amide bonds. The number of halogens is 1. The number of hydrazine groups is 1. The van der Waals surface area contributed by atoms with E-state index in [-0.39, 0.29) is 24.0 Å². The summed E-state index contributed by atoms with van der Waals surface area (Å²) in [5.74, 6) is -0.998. The second-order valence-corrected chi connectivity index (χ2v) is 9.10. The monoisotopic (exact) mass is 489 g/mol. The second-order valence-electron chi connectivity index (χ2n) is 8.32. The Bertz CT molecular complexity index is 925. The first kappa shape index (κ1) is 22.2. The Labute approximate surface area is 190 Å². The molecule has 0 bridgehead atoms. The number of furan rings is 1. The number of ketones is 1. The maximum absolute atomic E-state index is 13.6. The minimum absolute atomic E-state index is 0.135. The molecule has 1 aromatic carbocycles. The average Bonchev–Trinajstić information content (AvgIpc) is 3.22. The molecule has 4 rings (SSSR count). The molecule has 0 spiro atoms. The molecule has 0 saturated heterocycles. The maximum atomic E-state index is 13.6. The Hall–Kier alpha value is -2.00. The Morgan fingerprint density at radius 3 is 2.61 bits per heavy atom. The van der Waals surface area contributed by atoms with Crippen LogP contribution in [0.3, 0.4) is 0 Å². The number of aliphatic carboxylic acids is 1. The fraction of sp³-hybridized carbons (Fsp3) is 0.478. The van der Waals surface area contributed by atoms with E-state index in [0.29, 0.717) is 23.8 Å². The predicted molar refractivity (Wildman–Crippen MR) is 120 cm³/mol. The van der Waals surface area contributed by atoms with Crippen molar-refractivity contribution in [3.8, 4) is 0 Å². The molecule has 3 N–H and O–H groups in total. The molecular formula is C23H28BrN3O4. The Kier molecular flexibility index (Phi) is 7.22. The lowest BCUT2D eigenvalue weighted by atomic mass is 9.81. The number of carboxylic acid groups (broad SMARTS) is 1. The summed E-state index contributed by atoms with van der Waals surface area (Å²) in [4.78, 5) is 24.8. The summed E-state index contributed by atoms with van der Waals surface area (Å²) in [5.41, 5.74) is 5.19. The molecule has 2 aliphatic rings. The van der Waals surface area contributed by atoms with Crippen molar-refractivity contribution in [3.63, 3.8) is 0 Å². The lowest BCUT2D eigenvalue weighted by Gasteiger charge is -2.42. The van der Waals surface area contributed by atoms with E-state index in [1.807, 2.05) is 18.2 Å². The van der Waals surface area contributed by atoms with Crippen molar-refractivity contribution in [2.24, 2.45) is 0 Å². The molecule has 1 fully saturated rings. The van der Waals surface area contributed by atoms with Crippen LogP contribution in [0.4, 0.5) is 0 Å². The molecule has 2 unspecified atom stereocenters. The van der Waals surface area contributed by atoms with Crippen molar-refractivity contribution < 1.29 is 19.1 Å². The smallest absolute Gasteiger partial charge is 0.318 e. The molecule has 2 atom stereocenters. The molecule has 7 nitrogen and oxygen atoms in total. The summed E-state index contributed by atoms with van der Waals surface area (Å²) in [6.45, 7) is 0.837. The summed E-state index contributed by atoms with van der Waals surface area (Å²) in [6.07, 6.45) is 6.05. The van der Waals surface area contributed by atoms with Crippen molar-refractivity contribution in [2.75, 3.05) is 13.1 Å². The third-order valence-corrected chi connectivity index (χ3v) is 6.69. The highest BCUT2D eigenvalue weighted by atomic mass is 79.9. The summed E-state index contributed by atoms with van der Waals surface area (Å²) < 4.78 is 6.07. The number of nitrogens with one attached hydrogen (secondary N) is 2. The number of hydrogen-bond acceptors (Lipinski definition) is 6. The summed E-state index contributed by atoms with van der Waals surface area (Å²) in [5, 5.41) is 14.7. The molecule has 166 valence electrons. The maximum Gasteiger partial charge on any atom is 0.318 e. The zero-order chi connectivity index (χ0) is 21.8. The standard InChI is InChI=1S/C23H28BrN3O4/c24-20-11-10-19(31-20)23(30)22-18(12-25-16-7-2-1-3-8-16)17-9-5-4-6-15(17)14-27(22)26-13-21(28)29/h4-6,9-11,16,18,22,25-26H,1-3,7-8,12-14H2,(H,28,29). The van der Waals surface area contributed by atoms with Crippen LogP contribution >= 0.6 is 15.9 Å². The number of benzene rings is 1. The van der Waals surface area contributed by atoms with E-state index in [1.165, 1.54) is 19.3 Å². The van der Waals surface area contributed by atoms with Gasteiger partial charge in [-0.2, -0.15) is 0 Å². The number of Topliss-reactive ketones (excluding diaryl/α,β-unsaturated/α-hetero) is 1. The van der Waals surface area contributed by atoms with Gasteiger partial charge in [0, 0.05) is 25.0 Å². The summed E-state index contributed by atoms with van der Waals surface area (Å²) in [6, 6.07) is 11.3. The van der Waals surface area contributed by atoms with Crippen LogP contribution < -0.4 is 10.7 Å². The van der Waals surface area contributed by atoms with Crippen molar-refractivity contribution in [1.82, 2.24) is 15.8 Å². The van der Waals surface area contributed by atoms with Crippen LogP contribution in [-0.2, 0) is 11.3 Å². The highest BCUT2D eigenvalue weighted by Crippen LogP contribution is 2.35. The van der Waals surface area contributed by atoms with Crippen LogP contribution in [0.2, 0.25) is 0 Å². The third-order valence-electron chi connectivity index (χ3n) is 6.26. The van der Waals surface area contributed by atoms with Crippen LogP contribution in [0.1, 0.15) is 59.7 Å². The Morgan fingerprint density at radius 2 is 1.90 bits per heavy atom. The predicted octanol–water partition coefficient (Wildman–Crippen LogP) is 3.70. The van der Waals surface area contributed by atoms with Gasteiger partial charge in [-0.15, -0.1) is 0 Å². The lowest BCUT2D eigenvalue weighted by Crippen LogP contribution is -2.57. The number of carbonyl (C=O) groups is 2. The first-order chi connectivity index (χ1) is 15.0. The molecular weight excluding hydrogens is 462 g/mol. The first-order valence-corrected chi connectivity index (χ1v) is 11.6. The minimum atomic E-state index is -0.970.